The van der Waals surface area contributed by atoms with Crippen LogP contribution in [0.25, 0.3) is 0 Å². The van der Waals surface area contributed by atoms with E-state index in [9.17, 15) is 26.3 Å². The number of hydrogen-bond acceptors (Lipinski definition) is 0. The van der Waals surface area contributed by atoms with Gasteiger partial charge in [-0.05, 0) is 47.7 Å². The van der Waals surface area contributed by atoms with Gasteiger partial charge in [-0.1, -0.05) is 193 Å². The van der Waals surface area contributed by atoms with Crippen molar-refractivity contribution in [1.29, 1.82) is 0 Å². The molecule has 0 fully saturated rings. The quantitative estimate of drug-likeness (QED) is 0.0512. The summed E-state index contributed by atoms with van der Waals surface area (Å²) in [6, 6.07) is 67.4. The van der Waals surface area contributed by atoms with E-state index in [1.54, 1.807) is 6.07 Å². The molecule has 10 heteroatoms. The third-order valence-corrected chi connectivity index (χ3v) is 12.4. The summed E-state index contributed by atoms with van der Waals surface area (Å²) in [4.78, 5) is 0. The minimum Gasteiger partial charge on any atom is -0.0622 e. The van der Waals surface area contributed by atoms with Gasteiger partial charge in [0.05, 0.1) is 0 Å². The number of halogens is 7. The second kappa shape index (κ2) is 22.1. The van der Waals surface area contributed by atoms with Crippen LogP contribution in [0.15, 0.2) is 200 Å². The molecule has 0 heterocycles. The maximum Gasteiger partial charge on any atom is -0.0134 e. The standard InChI is InChI=1S/2C18H15P.C8H3F6.HI.Pd/c2*1-4-10-16(11-5-1)19(17-12-6-2-7-13-17)18-14-8-3-9-15-18;9-7(10,11)5-2-1-3-6(4-5)8(12,13)14;;/h2*1-15H;2-4H;1H;/q;;-1;;+2/p-1. The Bertz CT molecular complexity index is 1720. The Morgan fingerprint density at radius 1 is 0.352 bits per heavy atom. The fraction of sp³-hybridized carbons (Fsp3) is 0.0455. The number of benzene rings is 7. The number of rotatable bonds is 6. The van der Waals surface area contributed by atoms with E-state index in [2.05, 4.69) is 198 Å². The second-order valence-corrected chi connectivity index (χ2v) is 15.6. The monoisotopic (exact) mass is 970 g/mol. The van der Waals surface area contributed by atoms with Gasteiger partial charge in [0.15, 0.2) is 0 Å². The summed E-state index contributed by atoms with van der Waals surface area (Å²) in [7, 11) is -0.892. The molecule has 0 N–H and O–H groups in total. The second-order valence-electron chi connectivity index (χ2n) is 11.2. The van der Waals surface area contributed by atoms with Crippen molar-refractivity contribution in [1.82, 2.24) is 0 Å². The molecule has 7 aromatic rings. The molecule has 0 nitrogen and oxygen atoms in total. The van der Waals surface area contributed by atoms with Crippen LogP contribution in [0.5, 0.6) is 0 Å². The molecule has 0 aromatic heterocycles. The predicted octanol–water partition coefficient (Wildman–Crippen LogP) is 11.3. The van der Waals surface area contributed by atoms with Crippen molar-refractivity contribution >= 4 is 67.2 Å². The van der Waals surface area contributed by atoms with E-state index >= 15 is 0 Å². The van der Waals surface area contributed by atoms with Crippen LogP contribution in [0.4, 0.5) is 26.3 Å². The van der Waals surface area contributed by atoms with E-state index in [4.69, 9.17) is 0 Å². The molecule has 0 atom stereocenters. The van der Waals surface area contributed by atoms with Crippen molar-refractivity contribution in [3.63, 3.8) is 0 Å². The van der Waals surface area contributed by atoms with E-state index in [1.165, 1.54) is 31.8 Å². The van der Waals surface area contributed by atoms with Gasteiger partial charge in [-0.25, -0.2) is 0 Å². The summed E-state index contributed by atoms with van der Waals surface area (Å²) in [5, 5.41) is 8.39. The molecule has 0 saturated heterocycles. The van der Waals surface area contributed by atoms with Gasteiger partial charge in [0, 0.05) is 0 Å². The van der Waals surface area contributed by atoms with Gasteiger partial charge in [0.25, 0.3) is 0 Å². The number of alkyl halides is 6. The van der Waals surface area contributed by atoms with Crippen molar-refractivity contribution in [3.8, 4) is 0 Å². The van der Waals surface area contributed by atoms with Crippen LogP contribution in [-0.4, -0.2) is 0 Å². The van der Waals surface area contributed by atoms with E-state index < -0.39 is 39.3 Å². The van der Waals surface area contributed by atoms with Crippen LogP contribution in [0.1, 0.15) is 11.1 Å². The van der Waals surface area contributed by atoms with Crippen LogP contribution in [0.3, 0.4) is 0 Å². The van der Waals surface area contributed by atoms with Gasteiger partial charge in [-0.2, -0.15) is 44.5 Å². The normalized spacial score (nSPS) is 10.9. The Labute approximate surface area is 336 Å². The Morgan fingerprint density at radius 3 is 0.704 bits per heavy atom. The Morgan fingerprint density at radius 2 is 0.537 bits per heavy atom. The van der Waals surface area contributed by atoms with Gasteiger partial charge in [-0.15, -0.1) is 6.07 Å². The van der Waals surface area contributed by atoms with Crippen LogP contribution < -0.4 is 31.8 Å². The molecule has 0 amide bonds. The zero-order valence-electron chi connectivity index (χ0n) is 28.4. The molecule has 0 spiro atoms. The van der Waals surface area contributed by atoms with Crippen molar-refractivity contribution in [2.75, 3.05) is 0 Å². The molecule has 54 heavy (non-hydrogen) atoms. The van der Waals surface area contributed by atoms with Crippen LogP contribution in [-0.2, 0) is 27.9 Å². The molecule has 7 aromatic carbocycles. The maximum absolute atomic E-state index is 12.0. The van der Waals surface area contributed by atoms with Crippen LogP contribution in [0.2, 0.25) is 0 Å². The predicted molar refractivity (Wildman–Crippen MR) is 220 cm³/mol. The van der Waals surface area contributed by atoms with Crippen LogP contribution >= 0.6 is 35.4 Å². The maximum atomic E-state index is 12.0. The Kier molecular flexibility index (Phi) is 17.6. The van der Waals surface area contributed by atoms with Gasteiger partial charge < -0.3 is 0 Å². The first kappa shape index (κ1) is 43.1. The molecular formula is C44H33F6IP2Pd. The summed E-state index contributed by atoms with van der Waals surface area (Å²) in [5.41, 5.74) is -2.71. The minimum absolute atomic E-state index is 0.0521. The molecule has 0 aliphatic carbocycles. The molecule has 0 radical (unpaired) electrons. The zero-order chi connectivity index (χ0) is 38.8. The Balaban J connectivity index is 0.000000179. The molecule has 0 aliphatic rings. The van der Waals surface area contributed by atoms with Crippen molar-refractivity contribution in [3.05, 3.63) is 217 Å². The summed E-state index contributed by atoms with van der Waals surface area (Å²) in [6.07, 6.45) is -9.56. The summed E-state index contributed by atoms with van der Waals surface area (Å²) >= 11 is 4.72. The fourth-order valence-electron chi connectivity index (χ4n) is 5.16. The molecule has 0 aliphatic heterocycles. The van der Waals surface area contributed by atoms with Crippen molar-refractivity contribution in [2.45, 2.75) is 12.4 Å². The first-order valence-corrected chi connectivity index (χ1v) is 23.6. The van der Waals surface area contributed by atoms with Gasteiger partial charge in [-0.3, -0.25) is 0 Å². The van der Waals surface area contributed by atoms with E-state index in [0.29, 0.717) is 12.1 Å². The summed E-state index contributed by atoms with van der Waals surface area (Å²) < 4.78 is 71.8. The van der Waals surface area contributed by atoms with Crippen LogP contribution in [0, 0.1) is 6.07 Å². The van der Waals surface area contributed by atoms with E-state index in [1.807, 2.05) is 19.5 Å². The topological polar surface area (TPSA) is 0 Å². The molecule has 0 bridgehead atoms. The molecule has 0 unspecified atom stereocenters. The first-order valence-electron chi connectivity index (χ1n) is 16.3. The largest absolute Gasteiger partial charge is 0.0622 e. The minimum atomic E-state index is -4.78. The SMILES string of the molecule is FC(F)(F)c1c[c-]cc(C(F)(F)F)c1.[Pd+][I].c1ccc(P(c2ccccc2)c2ccccc2)cc1.c1ccc(P(c2ccccc2)c2ccccc2)cc1. The molecule has 0 saturated carbocycles. The van der Waals surface area contributed by atoms with Gasteiger partial charge >= 0.3 is 47.5 Å². The number of hydrogen-bond donors (Lipinski definition) is 0. The summed E-state index contributed by atoms with van der Waals surface area (Å²) in [5.74, 6) is 0. The molecule has 278 valence electrons. The molecular weight excluding hydrogens is 938 g/mol. The summed E-state index contributed by atoms with van der Waals surface area (Å²) in [6.45, 7) is 0. The van der Waals surface area contributed by atoms with Gasteiger partial charge in [0.1, 0.15) is 0 Å². The third kappa shape index (κ3) is 13.3. The zero-order valence-corrected chi connectivity index (χ0v) is 33.9. The Hall–Kier alpha value is -3.63. The smallest absolute Gasteiger partial charge is 0.0134 e. The van der Waals surface area contributed by atoms with Crippen molar-refractivity contribution < 1.29 is 41.9 Å². The average molecular weight is 971 g/mol. The first-order chi connectivity index (χ1) is 26.1. The van der Waals surface area contributed by atoms with Crippen molar-refractivity contribution in [2.24, 2.45) is 0 Å². The van der Waals surface area contributed by atoms with Gasteiger partial charge in [0.2, 0.25) is 0 Å². The van der Waals surface area contributed by atoms with E-state index in [-0.39, 0.29) is 6.07 Å². The average Bonchev–Trinajstić information content (AvgIpc) is 3.21. The molecule has 7 rings (SSSR count). The fourth-order valence-corrected chi connectivity index (χ4v) is 9.77. The third-order valence-electron chi connectivity index (χ3n) is 7.53. The van der Waals surface area contributed by atoms with E-state index in [0.717, 1.165) is 0 Å².